The van der Waals surface area contributed by atoms with E-state index in [0.29, 0.717) is 34.1 Å². The molecule has 0 aliphatic rings. The monoisotopic (exact) mass is 426 g/mol. The summed E-state index contributed by atoms with van der Waals surface area (Å²) in [6, 6.07) is 10.1. The van der Waals surface area contributed by atoms with Crippen molar-refractivity contribution in [1.29, 1.82) is 0 Å². The van der Waals surface area contributed by atoms with Crippen LogP contribution in [0.1, 0.15) is 22.8 Å². The maximum absolute atomic E-state index is 11.6. The molecule has 1 amide bonds. The van der Waals surface area contributed by atoms with E-state index in [1.54, 1.807) is 37.2 Å². The third kappa shape index (κ3) is 4.36. The van der Waals surface area contributed by atoms with Crippen molar-refractivity contribution in [1.82, 2.24) is 4.68 Å². The maximum Gasteiger partial charge on any atom is 0.252 e. The molecular formula is C21H22N4O4S. The van der Waals surface area contributed by atoms with E-state index in [1.165, 1.54) is 23.5 Å². The summed E-state index contributed by atoms with van der Waals surface area (Å²) in [7, 11) is 3.17. The van der Waals surface area contributed by atoms with E-state index < -0.39 is 5.91 Å². The Hall–Kier alpha value is -3.59. The average Bonchev–Trinajstić information content (AvgIpc) is 3.15. The van der Waals surface area contributed by atoms with Gasteiger partial charge in [0, 0.05) is 29.1 Å². The molecule has 1 aromatic heterocycles. The summed E-state index contributed by atoms with van der Waals surface area (Å²) in [6.07, 6.45) is 1.67. The van der Waals surface area contributed by atoms with Gasteiger partial charge >= 0.3 is 0 Å². The number of hydrogen-bond acceptors (Lipinski definition) is 7. The van der Waals surface area contributed by atoms with Crippen molar-refractivity contribution in [2.45, 2.75) is 6.92 Å². The molecule has 1 heterocycles. The van der Waals surface area contributed by atoms with Crippen LogP contribution in [-0.2, 0) is 0 Å². The van der Waals surface area contributed by atoms with Crippen molar-refractivity contribution in [3.8, 4) is 28.5 Å². The molecule has 3 N–H and O–H groups in total. The number of aromatic nitrogens is 1. The lowest BCUT2D eigenvalue weighted by Gasteiger charge is -2.08. The Morgan fingerprint density at radius 1 is 1.23 bits per heavy atom. The van der Waals surface area contributed by atoms with Crippen LogP contribution in [0.5, 0.6) is 17.2 Å². The lowest BCUT2D eigenvalue weighted by Crippen LogP contribution is -2.13. The lowest BCUT2D eigenvalue weighted by molar-refractivity contribution is 0.0998. The molecule has 30 heavy (non-hydrogen) atoms. The van der Waals surface area contributed by atoms with Crippen LogP contribution < -0.4 is 20.0 Å². The second kappa shape index (κ2) is 9.27. The molecule has 0 spiro atoms. The van der Waals surface area contributed by atoms with Gasteiger partial charge in [0.2, 0.25) is 4.80 Å². The molecule has 0 saturated heterocycles. The van der Waals surface area contributed by atoms with Crippen molar-refractivity contribution in [2.24, 2.45) is 15.8 Å². The summed E-state index contributed by atoms with van der Waals surface area (Å²) < 4.78 is 12.3. The predicted molar refractivity (Wildman–Crippen MR) is 117 cm³/mol. The minimum atomic E-state index is -0.707. The number of primary amides is 1. The maximum atomic E-state index is 11.6. The third-order valence-electron chi connectivity index (χ3n) is 4.29. The quantitative estimate of drug-likeness (QED) is 0.566. The second-order valence-corrected chi connectivity index (χ2v) is 6.97. The number of nitrogens with zero attached hydrogens (tertiary/aromatic N) is 3. The summed E-state index contributed by atoms with van der Waals surface area (Å²) in [5.74, 6) is 0.418. The van der Waals surface area contributed by atoms with Gasteiger partial charge in [0.1, 0.15) is 17.2 Å². The number of hydrogen-bond donors (Lipinski definition) is 2. The number of amides is 1. The molecule has 0 unspecified atom stereocenters. The van der Waals surface area contributed by atoms with E-state index in [4.69, 9.17) is 15.2 Å². The van der Waals surface area contributed by atoms with Crippen LogP contribution in [0, 0.1) is 0 Å². The van der Waals surface area contributed by atoms with Gasteiger partial charge in [0.25, 0.3) is 5.91 Å². The minimum absolute atomic E-state index is 0.0417. The topological polar surface area (TPSA) is 111 Å². The first-order valence-corrected chi connectivity index (χ1v) is 9.97. The van der Waals surface area contributed by atoms with Crippen LogP contribution in [0.25, 0.3) is 11.3 Å². The number of thiazole rings is 1. The van der Waals surface area contributed by atoms with Gasteiger partial charge in [-0.3, -0.25) is 9.79 Å². The van der Waals surface area contributed by atoms with E-state index in [9.17, 15) is 9.90 Å². The number of rotatable bonds is 7. The normalized spacial score (nSPS) is 11.8. The van der Waals surface area contributed by atoms with Gasteiger partial charge in [-0.15, -0.1) is 11.3 Å². The Labute approximate surface area is 177 Å². The average molecular weight is 426 g/mol. The first-order valence-electron chi connectivity index (χ1n) is 9.09. The van der Waals surface area contributed by atoms with Gasteiger partial charge in [0.15, 0.2) is 0 Å². The minimum Gasteiger partial charge on any atom is -0.507 e. The number of nitrogens with two attached hydrogens (primary N) is 1. The third-order valence-corrected chi connectivity index (χ3v) is 5.14. The van der Waals surface area contributed by atoms with Gasteiger partial charge in [-0.1, -0.05) is 0 Å². The van der Waals surface area contributed by atoms with Crippen LogP contribution in [0.15, 0.2) is 51.9 Å². The molecule has 9 heteroatoms. The SMILES string of the molecule is CCN=c1scc(-c2ccc(O)c(C(N)=O)c2)n1/N=C\c1ccc(OC)cc1OC. The van der Waals surface area contributed by atoms with E-state index in [1.807, 2.05) is 24.4 Å². The lowest BCUT2D eigenvalue weighted by atomic mass is 10.1. The zero-order valence-electron chi connectivity index (χ0n) is 16.8. The van der Waals surface area contributed by atoms with Crippen LogP contribution in [0.4, 0.5) is 0 Å². The Morgan fingerprint density at radius 3 is 2.70 bits per heavy atom. The summed E-state index contributed by atoms with van der Waals surface area (Å²) in [6.45, 7) is 2.52. The van der Waals surface area contributed by atoms with Gasteiger partial charge in [0.05, 0.1) is 31.7 Å². The van der Waals surface area contributed by atoms with Crippen molar-refractivity contribution in [3.05, 3.63) is 57.7 Å². The fourth-order valence-corrected chi connectivity index (χ4v) is 3.69. The number of methoxy groups -OCH3 is 2. The molecule has 8 nitrogen and oxygen atoms in total. The van der Waals surface area contributed by atoms with Crippen LogP contribution in [-0.4, -0.2) is 42.7 Å². The van der Waals surface area contributed by atoms with Crippen molar-refractivity contribution < 1.29 is 19.4 Å². The highest BCUT2D eigenvalue weighted by atomic mass is 32.1. The zero-order chi connectivity index (χ0) is 21.7. The second-order valence-electron chi connectivity index (χ2n) is 6.14. The highest BCUT2D eigenvalue weighted by Gasteiger charge is 2.13. The first kappa shape index (κ1) is 21.1. The first-order chi connectivity index (χ1) is 14.5. The molecule has 0 aliphatic heterocycles. The smallest absolute Gasteiger partial charge is 0.252 e. The molecule has 2 aromatic carbocycles. The van der Waals surface area contributed by atoms with Gasteiger partial charge in [-0.25, -0.2) is 4.68 Å². The summed E-state index contributed by atoms with van der Waals surface area (Å²) in [5, 5.41) is 16.4. The van der Waals surface area contributed by atoms with Crippen LogP contribution in [0.2, 0.25) is 0 Å². The number of carbonyl (C=O) groups excluding carboxylic acids is 1. The van der Waals surface area contributed by atoms with Crippen LogP contribution >= 0.6 is 11.3 Å². The molecule has 0 atom stereocenters. The fourth-order valence-electron chi connectivity index (χ4n) is 2.79. The molecule has 0 fully saturated rings. The number of ether oxygens (including phenoxy) is 2. The van der Waals surface area contributed by atoms with E-state index in [-0.39, 0.29) is 11.3 Å². The summed E-state index contributed by atoms with van der Waals surface area (Å²) in [4.78, 5) is 16.8. The zero-order valence-corrected chi connectivity index (χ0v) is 17.6. The number of benzene rings is 2. The number of carbonyl (C=O) groups is 1. The summed E-state index contributed by atoms with van der Waals surface area (Å²) in [5.41, 5.74) is 7.55. The standard InChI is InChI=1S/C21H22N4O4S/c1-4-23-21-25(24-11-14-5-7-15(28-2)10-19(14)29-3)17(12-30-21)13-6-8-18(26)16(9-13)20(22)27/h5-12,26H,4H2,1-3H3,(H2,22,27)/b23-21?,24-11-. The molecule has 0 aliphatic carbocycles. The van der Waals surface area contributed by atoms with Gasteiger partial charge < -0.3 is 20.3 Å². The van der Waals surface area contributed by atoms with E-state index in [2.05, 4.69) is 10.1 Å². The number of aromatic hydroxyl groups is 1. The molecule has 0 saturated carbocycles. The van der Waals surface area contributed by atoms with E-state index >= 15 is 0 Å². The van der Waals surface area contributed by atoms with Crippen molar-refractivity contribution in [2.75, 3.05) is 20.8 Å². The highest BCUT2D eigenvalue weighted by Crippen LogP contribution is 2.27. The Morgan fingerprint density at radius 2 is 2.03 bits per heavy atom. The van der Waals surface area contributed by atoms with Crippen molar-refractivity contribution in [3.63, 3.8) is 0 Å². The predicted octanol–water partition coefficient (Wildman–Crippen LogP) is 2.84. The largest absolute Gasteiger partial charge is 0.507 e. The number of phenols is 1. The molecular weight excluding hydrogens is 404 g/mol. The van der Waals surface area contributed by atoms with Gasteiger partial charge in [-0.05, 0) is 37.3 Å². The molecule has 3 aromatic rings. The Kier molecular flexibility index (Phi) is 6.53. The van der Waals surface area contributed by atoms with E-state index in [0.717, 1.165) is 5.56 Å². The molecule has 156 valence electrons. The van der Waals surface area contributed by atoms with Crippen molar-refractivity contribution >= 4 is 23.5 Å². The summed E-state index contributed by atoms with van der Waals surface area (Å²) >= 11 is 1.42. The molecule has 0 bridgehead atoms. The Bertz CT molecular complexity index is 1160. The van der Waals surface area contributed by atoms with Gasteiger partial charge in [-0.2, -0.15) is 5.10 Å². The molecule has 0 radical (unpaired) electrons. The molecule has 3 rings (SSSR count). The highest BCUT2D eigenvalue weighted by molar-refractivity contribution is 7.07. The van der Waals surface area contributed by atoms with Crippen LogP contribution in [0.3, 0.4) is 0 Å². The Balaban J connectivity index is 2.11. The fraction of sp³-hybridized carbons (Fsp3) is 0.190.